The fourth-order valence-corrected chi connectivity index (χ4v) is 2.47. The molecule has 0 fully saturated rings. The molecule has 2 aromatic rings. The van der Waals surface area contributed by atoms with Crippen LogP contribution in [0.5, 0.6) is 0 Å². The zero-order valence-electron chi connectivity index (χ0n) is 11.4. The second kappa shape index (κ2) is 7.81. The van der Waals surface area contributed by atoms with Gasteiger partial charge in [-0.05, 0) is 49.0 Å². The second-order valence-corrected chi connectivity index (χ2v) is 6.63. The molecule has 0 radical (unpaired) electrons. The molecule has 0 atom stereocenters. The van der Waals surface area contributed by atoms with Gasteiger partial charge < -0.3 is 10.2 Å². The molecule has 0 unspecified atom stereocenters. The van der Waals surface area contributed by atoms with Crippen LogP contribution in [0.15, 0.2) is 57.5 Å². The Labute approximate surface area is 137 Å². The lowest BCUT2D eigenvalue weighted by atomic mass is 10.2. The molecule has 4 heteroatoms. The summed E-state index contributed by atoms with van der Waals surface area (Å²) in [4.78, 5) is 2.31. The highest BCUT2D eigenvalue weighted by Gasteiger charge is 2.00. The van der Waals surface area contributed by atoms with E-state index in [1.165, 1.54) is 5.56 Å². The van der Waals surface area contributed by atoms with Crippen molar-refractivity contribution in [1.29, 1.82) is 0 Å². The lowest BCUT2D eigenvalue weighted by Gasteiger charge is -2.17. The number of nitrogens with one attached hydrogen (secondary N) is 1. The quantitative estimate of drug-likeness (QED) is 0.756. The minimum atomic E-state index is 0.939. The summed E-state index contributed by atoms with van der Waals surface area (Å²) >= 11 is 6.90. The fourth-order valence-electron chi connectivity index (χ4n) is 1.94. The summed E-state index contributed by atoms with van der Waals surface area (Å²) in [5.41, 5.74) is 2.49. The molecule has 20 heavy (non-hydrogen) atoms. The van der Waals surface area contributed by atoms with Gasteiger partial charge in [0.15, 0.2) is 0 Å². The normalized spacial score (nSPS) is 10.8. The first-order valence-electron chi connectivity index (χ1n) is 6.56. The standard InChI is InChI=1S/C16H18Br2N2/c1-20(12-13-2-4-14(17)5-3-13)11-10-19-16-8-6-15(18)7-9-16/h2-9,19H,10-12H2,1H3. The predicted molar refractivity (Wildman–Crippen MR) is 93.1 cm³/mol. The van der Waals surface area contributed by atoms with Crippen molar-refractivity contribution in [2.24, 2.45) is 0 Å². The molecule has 0 saturated heterocycles. The van der Waals surface area contributed by atoms with Crippen LogP contribution < -0.4 is 5.32 Å². The molecule has 106 valence electrons. The summed E-state index contributed by atoms with van der Waals surface area (Å²) in [5, 5.41) is 3.43. The van der Waals surface area contributed by atoms with Gasteiger partial charge in [0, 0.05) is 34.3 Å². The van der Waals surface area contributed by atoms with Gasteiger partial charge in [0.25, 0.3) is 0 Å². The van der Waals surface area contributed by atoms with Crippen LogP contribution in [-0.4, -0.2) is 25.0 Å². The molecule has 2 rings (SSSR count). The van der Waals surface area contributed by atoms with Crippen LogP contribution in [-0.2, 0) is 6.54 Å². The van der Waals surface area contributed by atoms with E-state index in [0.717, 1.165) is 34.3 Å². The van der Waals surface area contributed by atoms with Gasteiger partial charge in [-0.15, -0.1) is 0 Å². The van der Waals surface area contributed by atoms with E-state index in [-0.39, 0.29) is 0 Å². The molecule has 0 aliphatic carbocycles. The number of rotatable bonds is 6. The van der Waals surface area contributed by atoms with Crippen molar-refractivity contribution >= 4 is 37.5 Å². The maximum absolute atomic E-state index is 3.46. The van der Waals surface area contributed by atoms with Gasteiger partial charge in [-0.2, -0.15) is 0 Å². The van der Waals surface area contributed by atoms with E-state index >= 15 is 0 Å². The molecular formula is C16H18Br2N2. The Morgan fingerprint density at radius 3 is 2.05 bits per heavy atom. The molecule has 0 heterocycles. The third-order valence-corrected chi connectivity index (χ3v) is 4.09. The number of hydrogen-bond acceptors (Lipinski definition) is 2. The number of hydrogen-bond donors (Lipinski definition) is 1. The van der Waals surface area contributed by atoms with Crippen molar-refractivity contribution in [1.82, 2.24) is 4.90 Å². The van der Waals surface area contributed by atoms with E-state index in [9.17, 15) is 0 Å². The summed E-state index contributed by atoms with van der Waals surface area (Å²) in [5.74, 6) is 0. The lowest BCUT2D eigenvalue weighted by Crippen LogP contribution is -2.24. The van der Waals surface area contributed by atoms with E-state index in [2.05, 4.69) is 85.5 Å². The van der Waals surface area contributed by atoms with Crippen molar-refractivity contribution in [2.45, 2.75) is 6.54 Å². The number of halogens is 2. The highest BCUT2D eigenvalue weighted by atomic mass is 79.9. The Hall–Kier alpha value is -0.840. The summed E-state index contributed by atoms with van der Waals surface area (Å²) in [6.45, 7) is 2.91. The van der Waals surface area contributed by atoms with Gasteiger partial charge in [-0.3, -0.25) is 0 Å². The molecular weight excluding hydrogens is 380 g/mol. The monoisotopic (exact) mass is 396 g/mol. The van der Waals surface area contributed by atoms with E-state index in [4.69, 9.17) is 0 Å². The van der Waals surface area contributed by atoms with Gasteiger partial charge in [0.05, 0.1) is 0 Å². The molecule has 0 aromatic heterocycles. The summed E-state index contributed by atoms with van der Waals surface area (Å²) < 4.78 is 2.23. The highest BCUT2D eigenvalue weighted by molar-refractivity contribution is 9.10. The van der Waals surface area contributed by atoms with Crippen LogP contribution in [0, 0.1) is 0 Å². The zero-order chi connectivity index (χ0) is 14.4. The number of anilines is 1. The molecule has 0 bridgehead atoms. The van der Waals surface area contributed by atoms with Crippen LogP contribution in [0.2, 0.25) is 0 Å². The van der Waals surface area contributed by atoms with Crippen molar-refractivity contribution in [3.63, 3.8) is 0 Å². The minimum Gasteiger partial charge on any atom is -0.384 e. The van der Waals surface area contributed by atoms with Crippen molar-refractivity contribution < 1.29 is 0 Å². The first-order valence-corrected chi connectivity index (χ1v) is 8.14. The Bertz CT molecular complexity index is 523. The third kappa shape index (κ3) is 5.27. The summed E-state index contributed by atoms with van der Waals surface area (Å²) in [6, 6.07) is 16.7. The Kier molecular flexibility index (Phi) is 6.07. The molecule has 1 N–H and O–H groups in total. The summed E-state index contributed by atoms with van der Waals surface area (Å²) in [7, 11) is 2.14. The lowest BCUT2D eigenvalue weighted by molar-refractivity contribution is 0.340. The van der Waals surface area contributed by atoms with E-state index < -0.39 is 0 Å². The van der Waals surface area contributed by atoms with Crippen LogP contribution in [0.3, 0.4) is 0 Å². The van der Waals surface area contributed by atoms with Crippen LogP contribution in [0.4, 0.5) is 5.69 Å². The number of nitrogens with zero attached hydrogens (tertiary/aromatic N) is 1. The van der Waals surface area contributed by atoms with Crippen LogP contribution >= 0.6 is 31.9 Å². The molecule has 0 aliphatic rings. The Morgan fingerprint density at radius 1 is 0.900 bits per heavy atom. The van der Waals surface area contributed by atoms with Crippen molar-refractivity contribution in [3.05, 3.63) is 63.0 Å². The maximum Gasteiger partial charge on any atom is 0.0341 e. The first-order chi connectivity index (χ1) is 9.63. The maximum atomic E-state index is 3.46. The molecule has 0 amide bonds. The second-order valence-electron chi connectivity index (χ2n) is 4.80. The van der Waals surface area contributed by atoms with Gasteiger partial charge in [-0.1, -0.05) is 44.0 Å². The third-order valence-electron chi connectivity index (χ3n) is 3.03. The fraction of sp³-hybridized carbons (Fsp3) is 0.250. The van der Waals surface area contributed by atoms with Crippen molar-refractivity contribution in [2.75, 3.05) is 25.5 Å². The zero-order valence-corrected chi connectivity index (χ0v) is 14.6. The van der Waals surface area contributed by atoms with Gasteiger partial charge in [0.1, 0.15) is 0 Å². The molecule has 0 aliphatic heterocycles. The smallest absolute Gasteiger partial charge is 0.0341 e. The minimum absolute atomic E-state index is 0.939. The largest absolute Gasteiger partial charge is 0.384 e. The molecule has 0 saturated carbocycles. The number of likely N-dealkylation sites (N-methyl/N-ethyl adjacent to an activating group) is 1. The molecule has 0 spiro atoms. The average molecular weight is 398 g/mol. The van der Waals surface area contributed by atoms with Crippen LogP contribution in [0.25, 0.3) is 0 Å². The number of benzene rings is 2. The van der Waals surface area contributed by atoms with Gasteiger partial charge >= 0.3 is 0 Å². The average Bonchev–Trinajstić information content (AvgIpc) is 2.44. The Morgan fingerprint density at radius 2 is 1.45 bits per heavy atom. The van der Waals surface area contributed by atoms with Crippen molar-refractivity contribution in [3.8, 4) is 0 Å². The van der Waals surface area contributed by atoms with E-state index in [0.29, 0.717) is 0 Å². The SMILES string of the molecule is CN(CCNc1ccc(Br)cc1)Cc1ccc(Br)cc1. The van der Waals surface area contributed by atoms with Gasteiger partial charge in [0.2, 0.25) is 0 Å². The highest BCUT2D eigenvalue weighted by Crippen LogP contribution is 2.14. The molecule has 2 nitrogen and oxygen atoms in total. The molecule has 2 aromatic carbocycles. The van der Waals surface area contributed by atoms with E-state index in [1.807, 2.05) is 12.1 Å². The summed E-state index contributed by atoms with van der Waals surface area (Å²) in [6.07, 6.45) is 0. The first kappa shape index (κ1) is 15.5. The van der Waals surface area contributed by atoms with E-state index in [1.54, 1.807) is 0 Å². The van der Waals surface area contributed by atoms with Gasteiger partial charge in [-0.25, -0.2) is 0 Å². The van der Waals surface area contributed by atoms with Crippen LogP contribution in [0.1, 0.15) is 5.56 Å². The predicted octanol–water partition coefficient (Wildman–Crippen LogP) is 4.76. The Balaban J connectivity index is 1.73. The topological polar surface area (TPSA) is 15.3 Å².